The number of hydrogen-bond acceptors (Lipinski definition) is 2. The monoisotopic (exact) mass is 216 g/mol. The quantitative estimate of drug-likeness (QED) is 0.441. The summed E-state index contributed by atoms with van der Waals surface area (Å²) in [6.07, 6.45) is 1.57. The van der Waals surface area contributed by atoms with Gasteiger partial charge >= 0.3 is 11.9 Å². The molecule has 3 N–H and O–H groups in total. The first-order valence-electron chi connectivity index (χ1n) is 4.70. The molecule has 1 aromatic carbocycles. The molecule has 2 aromatic rings. The van der Waals surface area contributed by atoms with Crippen LogP contribution in [0, 0.1) is 0 Å². The van der Waals surface area contributed by atoms with Crippen LogP contribution in [0.3, 0.4) is 0 Å². The molecule has 6 heteroatoms. The highest BCUT2D eigenvalue weighted by Crippen LogP contribution is 2.21. The number of carboxylic acids is 1. The molecule has 16 heavy (non-hydrogen) atoms. The third kappa shape index (κ3) is 1.77. The van der Waals surface area contributed by atoms with Gasteiger partial charge in [-0.05, 0) is 6.07 Å². The van der Waals surface area contributed by atoms with E-state index in [0.29, 0.717) is 5.69 Å². The Bertz CT molecular complexity index is 576. The van der Waals surface area contributed by atoms with Gasteiger partial charge in [0.1, 0.15) is 7.85 Å². The Morgan fingerprint density at radius 1 is 1.38 bits per heavy atom. The Kier molecular flexibility index (Phi) is 2.40. The molecule has 80 valence electrons. The number of carbonyl (C=O) groups is 2. The number of carboxylic acid groups (broad SMARTS) is 1. The topological polar surface area (TPSA) is 82.2 Å². The normalized spacial score (nSPS) is 10.2. The average Bonchev–Trinajstić information content (AvgIpc) is 2.61. The largest absolute Gasteiger partial charge is 0.474 e. The summed E-state index contributed by atoms with van der Waals surface area (Å²) in [5.74, 6) is -2.54. The van der Waals surface area contributed by atoms with Gasteiger partial charge < -0.3 is 15.4 Å². The Morgan fingerprint density at radius 2 is 2.12 bits per heavy atom. The summed E-state index contributed by atoms with van der Waals surface area (Å²) in [7, 11) is 1.93. The van der Waals surface area contributed by atoms with E-state index < -0.39 is 11.9 Å². The van der Waals surface area contributed by atoms with Gasteiger partial charge in [0.2, 0.25) is 0 Å². The molecule has 0 saturated heterocycles. The van der Waals surface area contributed by atoms with Crippen molar-refractivity contribution in [3.8, 4) is 0 Å². The molecule has 0 spiro atoms. The van der Waals surface area contributed by atoms with Crippen LogP contribution in [0.15, 0.2) is 24.4 Å². The van der Waals surface area contributed by atoms with Gasteiger partial charge in [-0.25, -0.2) is 4.79 Å². The second kappa shape index (κ2) is 3.73. The molecule has 1 heterocycles. The zero-order valence-corrected chi connectivity index (χ0v) is 8.57. The molecule has 0 saturated carbocycles. The lowest BCUT2D eigenvalue weighted by molar-refractivity contribution is -0.147. The van der Waals surface area contributed by atoms with Crippen LogP contribution in [0.5, 0.6) is 0 Å². The number of fused-ring (bicyclic) bond motifs is 1. The molecule has 0 radical (unpaired) electrons. The van der Waals surface area contributed by atoms with Crippen molar-refractivity contribution in [2.45, 2.75) is 0 Å². The van der Waals surface area contributed by atoms with E-state index >= 15 is 0 Å². The van der Waals surface area contributed by atoms with Crippen molar-refractivity contribution in [1.29, 1.82) is 0 Å². The maximum Gasteiger partial charge on any atom is 0.394 e. The van der Waals surface area contributed by atoms with Crippen molar-refractivity contribution in [2.75, 3.05) is 5.32 Å². The van der Waals surface area contributed by atoms with Crippen LogP contribution in [0.1, 0.15) is 0 Å². The number of aromatic nitrogens is 1. The summed E-state index contributed by atoms with van der Waals surface area (Å²) in [4.78, 5) is 24.4. The molecule has 0 aliphatic rings. The maximum atomic E-state index is 11.0. The van der Waals surface area contributed by atoms with Crippen molar-refractivity contribution >= 4 is 41.8 Å². The van der Waals surface area contributed by atoms with Crippen LogP contribution in [-0.4, -0.2) is 29.8 Å². The summed E-state index contributed by atoms with van der Waals surface area (Å²) < 4.78 is 0. The third-order valence-electron chi connectivity index (χ3n) is 2.28. The molecule has 0 fully saturated rings. The summed E-state index contributed by atoms with van der Waals surface area (Å²) >= 11 is 0. The highest BCUT2D eigenvalue weighted by molar-refractivity contribution is 6.37. The molecule has 0 bridgehead atoms. The Morgan fingerprint density at radius 3 is 2.81 bits per heavy atom. The summed E-state index contributed by atoms with van der Waals surface area (Å²) in [5.41, 5.74) is 2.37. The first-order chi connectivity index (χ1) is 7.58. The molecule has 0 unspecified atom stereocenters. The van der Waals surface area contributed by atoms with Gasteiger partial charge in [-0.2, -0.15) is 0 Å². The van der Waals surface area contributed by atoms with E-state index in [9.17, 15) is 9.59 Å². The Labute approximate surface area is 91.9 Å². The fraction of sp³-hybridized carbons (Fsp3) is 0. The highest BCUT2D eigenvalue weighted by Gasteiger charge is 2.13. The number of rotatable bonds is 1. The summed E-state index contributed by atoms with van der Waals surface area (Å²) in [6, 6.07) is 5.69. The predicted octanol–water partition coefficient (Wildman–Crippen LogP) is -0.551. The fourth-order valence-corrected chi connectivity index (χ4v) is 1.51. The van der Waals surface area contributed by atoms with Crippen LogP contribution in [-0.2, 0) is 9.59 Å². The van der Waals surface area contributed by atoms with Crippen molar-refractivity contribution in [3.05, 3.63) is 24.4 Å². The summed E-state index contributed by atoms with van der Waals surface area (Å²) in [6.45, 7) is 0. The van der Waals surface area contributed by atoms with Gasteiger partial charge in [0.05, 0.1) is 5.69 Å². The fourth-order valence-electron chi connectivity index (χ4n) is 1.51. The molecule has 1 amide bonds. The maximum absolute atomic E-state index is 11.0. The van der Waals surface area contributed by atoms with Gasteiger partial charge in [-0.3, -0.25) is 4.79 Å². The van der Waals surface area contributed by atoms with Crippen molar-refractivity contribution < 1.29 is 14.7 Å². The molecule has 2 rings (SSSR count). The molecule has 5 nitrogen and oxygen atoms in total. The number of aromatic amines is 1. The van der Waals surface area contributed by atoms with E-state index in [0.717, 1.165) is 16.4 Å². The number of benzene rings is 1. The lowest BCUT2D eigenvalue weighted by Crippen LogP contribution is -2.21. The van der Waals surface area contributed by atoms with Gasteiger partial charge in [0, 0.05) is 17.1 Å². The molecule has 0 aliphatic heterocycles. The number of carbonyl (C=O) groups excluding carboxylic acids is 1. The lowest BCUT2D eigenvalue weighted by atomic mass is 9.95. The zero-order valence-electron chi connectivity index (χ0n) is 8.57. The van der Waals surface area contributed by atoms with Crippen LogP contribution < -0.4 is 10.8 Å². The molecule has 0 atom stereocenters. The number of H-pyrrole nitrogens is 1. The molecular formula is C10H9BN2O3. The van der Waals surface area contributed by atoms with Crippen LogP contribution in [0.25, 0.3) is 10.9 Å². The van der Waals surface area contributed by atoms with Crippen molar-refractivity contribution in [3.63, 3.8) is 0 Å². The second-order valence-corrected chi connectivity index (χ2v) is 3.51. The number of aliphatic carboxylic acids is 1. The zero-order chi connectivity index (χ0) is 11.7. The van der Waals surface area contributed by atoms with E-state index in [1.165, 1.54) is 0 Å². The third-order valence-corrected chi connectivity index (χ3v) is 2.28. The van der Waals surface area contributed by atoms with Gasteiger partial charge in [-0.1, -0.05) is 17.6 Å². The minimum Gasteiger partial charge on any atom is -0.474 e. The Hall–Kier alpha value is -2.24. The van der Waals surface area contributed by atoms with Crippen LogP contribution in [0.2, 0.25) is 0 Å². The number of anilines is 1. The van der Waals surface area contributed by atoms with Crippen LogP contribution in [0.4, 0.5) is 5.69 Å². The van der Waals surface area contributed by atoms with E-state index in [1.807, 2.05) is 26.0 Å². The Balaban J connectivity index is 2.41. The SMILES string of the molecule is Bc1ccc2[nH]cc(NC(=O)C(=O)O)c2c1. The van der Waals surface area contributed by atoms with Gasteiger partial charge in [0.25, 0.3) is 0 Å². The molecule has 1 aromatic heterocycles. The predicted molar refractivity (Wildman–Crippen MR) is 62.7 cm³/mol. The second-order valence-electron chi connectivity index (χ2n) is 3.51. The average molecular weight is 216 g/mol. The lowest BCUT2D eigenvalue weighted by Gasteiger charge is -2.00. The standard InChI is InChI=1S/C10H9BN2O3/c11-5-1-2-7-6(3-5)8(4-12-7)13-9(14)10(15)16/h1-4,12H,11H2,(H,13,14)(H,15,16). The first kappa shape index (κ1) is 10.3. The number of nitrogens with one attached hydrogen (secondary N) is 2. The van der Waals surface area contributed by atoms with E-state index in [1.54, 1.807) is 6.20 Å². The van der Waals surface area contributed by atoms with Gasteiger partial charge in [-0.15, -0.1) is 0 Å². The van der Waals surface area contributed by atoms with Crippen molar-refractivity contribution in [1.82, 2.24) is 4.98 Å². The summed E-state index contributed by atoms with van der Waals surface area (Å²) in [5, 5.41) is 11.6. The number of amides is 1. The molecule has 0 aliphatic carbocycles. The smallest absolute Gasteiger partial charge is 0.394 e. The van der Waals surface area contributed by atoms with Gasteiger partial charge in [0.15, 0.2) is 0 Å². The van der Waals surface area contributed by atoms with E-state index in [4.69, 9.17) is 5.11 Å². The minimum atomic E-state index is -1.50. The first-order valence-corrected chi connectivity index (χ1v) is 4.70. The molecular weight excluding hydrogens is 207 g/mol. The number of hydrogen-bond donors (Lipinski definition) is 3. The van der Waals surface area contributed by atoms with E-state index in [2.05, 4.69) is 10.3 Å². The van der Waals surface area contributed by atoms with Crippen molar-refractivity contribution in [2.24, 2.45) is 0 Å². The highest BCUT2D eigenvalue weighted by atomic mass is 16.4. The van der Waals surface area contributed by atoms with E-state index in [-0.39, 0.29) is 0 Å². The minimum absolute atomic E-state index is 0.478. The van der Waals surface area contributed by atoms with Crippen LogP contribution >= 0.6 is 0 Å².